The predicted octanol–water partition coefficient (Wildman–Crippen LogP) is 5.03. The van der Waals surface area contributed by atoms with Crippen LogP contribution in [0.3, 0.4) is 0 Å². The number of unbranched alkanes of at least 4 members (excludes halogenated alkanes) is 3. The fraction of sp³-hybridized carbons (Fsp3) is 1.00. The van der Waals surface area contributed by atoms with Gasteiger partial charge in [0.15, 0.2) is 0 Å². The molecule has 0 aromatic heterocycles. The van der Waals surface area contributed by atoms with Crippen molar-refractivity contribution >= 4 is 0 Å². The van der Waals surface area contributed by atoms with E-state index in [1.165, 1.54) is 19.3 Å². The van der Waals surface area contributed by atoms with Crippen molar-refractivity contribution < 1.29 is 4.84 Å². The molecule has 0 N–H and O–H groups in total. The Bertz CT molecular complexity index is 212. The minimum Gasteiger partial charge on any atom is -0.298 e. The highest BCUT2D eigenvalue weighted by Crippen LogP contribution is 2.29. The Balaban J connectivity index is 4.35. The van der Waals surface area contributed by atoms with Crippen LogP contribution in [0.2, 0.25) is 0 Å². The van der Waals surface area contributed by atoms with Gasteiger partial charge in [-0.05, 0) is 39.5 Å². The van der Waals surface area contributed by atoms with E-state index in [0.29, 0.717) is 6.04 Å². The molecule has 1 unspecified atom stereocenters. The Morgan fingerprint density at radius 1 is 0.944 bits per heavy atom. The third-order valence-electron chi connectivity index (χ3n) is 3.49. The molecule has 0 aliphatic heterocycles. The van der Waals surface area contributed by atoms with Crippen LogP contribution in [0.1, 0.15) is 81.1 Å². The van der Waals surface area contributed by atoms with Gasteiger partial charge in [-0.1, -0.05) is 47.0 Å². The maximum absolute atomic E-state index is 6.07. The van der Waals surface area contributed by atoms with Gasteiger partial charge < -0.3 is 0 Å². The number of hydroxylamine groups is 2. The van der Waals surface area contributed by atoms with Gasteiger partial charge >= 0.3 is 0 Å². The molecule has 0 bridgehead atoms. The average molecular weight is 257 g/mol. The summed E-state index contributed by atoms with van der Waals surface area (Å²) in [6.07, 6.45) is 5.03. The molecule has 0 aliphatic carbocycles. The first-order chi connectivity index (χ1) is 8.10. The summed E-state index contributed by atoms with van der Waals surface area (Å²) in [7, 11) is 0. The summed E-state index contributed by atoms with van der Waals surface area (Å²) in [5.41, 5.74) is 0.286. The van der Waals surface area contributed by atoms with Crippen LogP contribution in [-0.2, 0) is 4.84 Å². The van der Waals surface area contributed by atoms with Gasteiger partial charge in [0.2, 0.25) is 0 Å². The number of rotatable bonds is 7. The van der Waals surface area contributed by atoms with E-state index in [1.54, 1.807) is 0 Å². The highest BCUT2D eigenvalue weighted by atomic mass is 16.7. The highest BCUT2D eigenvalue weighted by molar-refractivity contribution is 4.82. The third kappa shape index (κ3) is 6.75. The first kappa shape index (κ1) is 17.9. The van der Waals surface area contributed by atoms with Gasteiger partial charge in [-0.2, -0.15) is 5.06 Å². The number of hydrogen-bond donors (Lipinski definition) is 0. The van der Waals surface area contributed by atoms with Crippen molar-refractivity contribution in [3.05, 3.63) is 0 Å². The van der Waals surface area contributed by atoms with Gasteiger partial charge in [0, 0.05) is 11.6 Å². The van der Waals surface area contributed by atoms with E-state index in [2.05, 4.69) is 60.5 Å². The molecule has 0 spiro atoms. The summed E-state index contributed by atoms with van der Waals surface area (Å²) in [5.74, 6) is 0. The highest BCUT2D eigenvalue weighted by Gasteiger charge is 2.34. The first-order valence-electron chi connectivity index (χ1n) is 7.53. The molecule has 0 aromatic carbocycles. The Hall–Kier alpha value is -0.0800. The van der Waals surface area contributed by atoms with E-state index in [0.717, 1.165) is 13.0 Å². The van der Waals surface area contributed by atoms with Crippen molar-refractivity contribution in [3.8, 4) is 0 Å². The smallest absolute Gasteiger partial charge is 0.0685 e. The summed E-state index contributed by atoms with van der Waals surface area (Å²) >= 11 is 0. The molecular weight excluding hydrogens is 222 g/mol. The normalized spacial score (nSPS) is 15.2. The maximum Gasteiger partial charge on any atom is 0.0685 e. The standard InChI is InChI=1S/C16H35NO/c1-9-10-11-12-13-18-17(16(6,7)8)14(2)15(3,4)5/h14H,9-13H2,1-8H3. The quantitative estimate of drug-likeness (QED) is 0.468. The van der Waals surface area contributed by atoms with Gasteiger partial charge in [0.25, 0.3) is 0 Å². The predicted molar refractivity (Wildman–Crippen MR) is 80.6 cm³/mol. The molecule has 1 atom stereocenters. The van der Waals surface area contributed by atoms with Crippen LogP contribution in [0.25, 0.3) is 0 Å². The Labute approximate surface area is 115 Å². The molecular formula is C16H35NO. The van der Waals surface area contributed by atoms with Crippen LogP contribution in [0.5, 0.6) is 0 Å². The van der Waals surface area contributed by atoms with Crippen LogP contribution in [0.15, 0.2) is 0 Å². The zero-order chi connectivity index (χ0) is 14.4. The van der Waals surface area contributed by atoms with Crippen molar-refractivity contribution in [1.82, 2.24) is 5.06 Å². The molecule has 0 saturated carbocycles. The molecule has 0 aromatic rings. The summed E-state index contributed by atoms with van der Waals surface area (Å²) < 4.78 is 0. The molecule has 0 aliphatic rings. The fourth-order valence-corrected chi connectivity index (χ4v) is 1.93. The van der Waals surface area contributed by atoms with E-state index in [1.807, 2.05) is 0 Å². The molecule has 0 fully saturated rings. The summed E-state index contributed by atoms with van der Waals surface area (Å²) in [6.45, 7) is 18.8. The van der Waals surface area contributed by atoms with Crippen molar-refractivity contribution in [2.24, 2.45) is 5.41 Å². The largest absolute Gasteiger partial charge is 0.298 e. The molecule has 18 heavy (non-hydrogen) atoms. The Morgan fingerprint density at radius 2 is 1.50 bits per heavy atom. The van der Waals surface area contributed by atoms with Gasteiger partial charge in [-0.25, -0.2) is 0 Å². The van der Waals surface area contributed by atoms with E-state index in [-0.39, 0.29) is 11.0 Å². The monoisotopic (exact) mass is 257 g/mol. The minimum absolute atomic E-state index is 0.0530. The SMILES string of the molecule is CCCCCCON(C(C)C(C)(C)C)C(C)(C)C. The average Bonchev–Trinajstić information content (AvgIpc) is 2.19. The lowest BCUT2D eigenvalue weighted by molar-refractivity contribution is -0.249. The summed E-state index contributed by atoms with van der Waals surface area (Å²) in [6, 6.07) is 0.406. The van der Waals surface area contributed by atoms with Gasteiger partial charge in [0.1, 0.15) is 0 Å². The Morgan fingerprint density at radius 3 is 1.89 bits per heavy atom. The van der Waals surface area contributed by atoms with Crippen molar-refractivity contribution in [1.29, 1.82) is 0 Å². The van der Waals surface area contributed by atoms with Crippen LogP contribution < -0.4 is 0 Å². The van der Waals surface area contributed by atoms with Crippen LogP contribution >= 0.6 is 0 Å². The second-order valence-corrected chi connectivity index (χ2v) is 7.43. The lowest BCUT2D eigenvalue weighted by atomic mass is 9.86. The Kier molecular flexibility index (Phi) is 7.46. The molecule has 2 nitrogen and oxygen atoms in total. The number of nitrogens with zero attached hydrogens (tertiary/aromatic N) is 1. The summed E-state index contributed by atoms with van der Waals surface area (Å²) in [4.78, 5) is 6.07. The van der Waals surface area contributed by atoms with E-state index >= 15 is 0 Å². The fourth-order valence-electron chi connectivity index (χ4n) is 1.93. The zero-order valence-corrected chi connectivity index (χ0v) is 14.0. The second-order valence-electron chi connectivity index (χ2n) is 7.43. The molecule has 110 valence electrons. The summed E-state index contributed by atoms with van der Waals surface area (Å²) in [5, 5.41) is 2.19. The zero-order valence-electron chi connectivity index (χ0n) is 14.0. The van der Waals surface area contributed by atoms with Crippen LogP contribution in [-0.4, -0.2) is 23.3 Å². The topological polar surface area (TPSA) is 12.5 Å². The first-order valence-corrected chi connectivity index (χ1v) is 7.53. The van der Waals surface area contributed by atoms with Crippen molar-refractivity contribution in [2.75, 3.05) is 6.61 Å². The lowest BCUT2D eigenvalue weighted by Gasteiger charge is -2.44. The third-order valence-corrected chi connectivity index (χ3v) is 3.49. The van der Waals surface area contributed by atoms with E-state index in [9.17, 15) is 0 Å². The van der Waals surface area contributed by atoms with Crippen molar-refractivity contribution in [2.45, 2.75) is 92.7 Å². The lowest BCUT2D eigenvalue weighted by Crippen LogP contribution is -2.51. The molecule has 0 radical (unpaired) electrons. The number of hydrogen-bond acceptors (Lipinski definition) is 2. The molecule has 0 heterocycles. The van der Waals surface area contributed by atoms with Crippen molar-refractivity contribution in [3.63, 3.8) is 0 Å². The molecule has 2 heteroatoms. The maximum atomic E-state index is 6.07. The van der Waals surface area contributed by atoms with Crippen LogP contribution in [0, 0.1) is 5.41 Å². The van der Waals surface area contributed by atoms with Gasteiger partial charge in [0.05, 0.1) is 6.61 Å². The minimum atomic E-state index is 0.0530. The second kappa shape index (κ2) is 7.49. The van der Waals surface area contributed by atoms with Crippen LogP contribution in [0.4, 0.5) is 0 Å². The molecule has 0 saturated heterocycles. The molecule has 0 amide bonds. The van der Waals surface area contributed by atoms with Gasteiger partial charge in [-0.15, -0.1) is 0 Å². The molecule has 0 rings (SSSR count). The van der Waals surface area contributed by atoms with Gasteiger partial charge in [-0.3, -0.25) is 4.84 Å². The van der Waals surface area contributed by atoms with E-state index in [4.69, 9.17) is 4.84 Å². The van der Waals surface area contributed by atoms with E-state index < -0.39 is 0 Å².